The number of amides is 1. The second-order valence-corrected chi connectivity index (χ2v) is 9.78. The van der Waals surface area contributed by atoms with Gasteiger partial charge in [0.25, 0.3) is 5.91 Å². The minimum absolute atomic E-state index is 0.241. The van der Waals surface area contributed by atoms with Gasteiger partial charge in [-0.15, -0.1) is 0 Å². The first-order valence-electron chi connectivity index (χ1n) is 11.6. The zero-order valence-corrected chi connectivity index (χ0v) is 21.4. The predicted molar refractivity (Wildman–Crippen MR) is 141 cm³/mol. The Bertz CT molecular complexity index is 1350. The quantitative estimate of drug-likeness (QED) is 0.294. The van der Waals surface area contributed by atoms with E-state index >= 15 is 0 Å². The molecule has 6 nitrogen and oxygen atoms in total. The standard InChI is InChI=1S/C28H28BrN3O3/c1-18(2)20-8-6-19(7-9-20)17-32-25-11-10-21(29)15-23(25)24(16-26(33)34)27(32)28(35)31-14-12-22-5-3-4-13-30-22/h3-11,13,15,18H,12,14,16-17H2,1-2H3,(H,31,35)(H,33,34). The van der Waals surface area contributed by atoms with Crippen molar-refractivity contribution >= 4 is 38.7 Å². The normalized spacial score (nSPS) is 11.2. The van der Waals surface area contributed by atoms with Crippen molar-refractivity contribution in [2.45, 2.75) is 39.2 Å². The minimum Gasteiger partial charge on any atom is -0.481 e. The first-order valence-corrected chi connectivity index (χ1v) is 12.4. The molecule has 0 radical (unpaired) electrons. The Labute approximate surface area is 213 Å². The first kappa shape index (κ1) is 24.7. The van der Waals surface area contributed by atoms with Crippen LogP contribution < -0.4 is 5.32 Å². The molecule has 0 aliphatic heterocycles. The number of hydrogen-bond acceptors (Lipinski definition) is 3. The van der Waals surface area contributed by atoms with Crippen molar-refractivity contribution in [1.29, 1.82) is 0 Å². The van der Waals surface area contributed by atoms with E-state index in [1.54, 1.807) is 6.20 Å². The summed E-state index contributed by atoms with van der Waals surface area (Å²) in [6.45, 7) is 5.16. The molecule has 2 aromatic heterocycles. The second kappa shape index (κ2) is 10.9. The van der Waals surface area contributed by atoms with E-state index in [1.165, 1.54) is 5.56 Å². The number of carboxylic acid groups (broad SMARTS) is 1. The van der Waals surface area contributed by atoms with Gasteiger partial charge in [0.05, 0.1) is 6.42 Å². The number of pyridine rings is 1. The molecular formula is C28H28BrN3O3. The summed E-state index contributed by atoms with van der Waals surface area (Å²) in [5.41, 5.74) is 4.89. The van der Waals surface area contributed by atoms with E-state index in [0.717, 1.165) is 26.6 Å². The van der Waals surface area contributed by atoms with E-state index < -0.39 is 5.97 Å². The van der Waals surface area contributed by atoms with Crippen LogP contribution in [-0.4, -0.2) is 33.1 Å². The van der Waals surface area contributed by atoms with Crippen LogP contribution in [0, 0.1) is 0 Å². The number of halogens is 1. The zero-order chi connectivity index (χ0) is 24.9. The van der Waals surface area contributed by atoms with Gasteiger partial charge >= 0.3 is 5.97 Å². The van der Waals surface area contributed by atoms with Gasteiger partial charge in [0.1, 0.15) is 5.69 Å². The van der Waals surface area contributed by atoms with Gasteiger partial charge in [-0.05, 0) is 47.4 Å². The highest BCUT2D eigenvalue weighted by atomic mass is 79.9. The average Bonchev–Trinajstić information content (AvgIpc) is 3.11. The largest absolute Gasteiger partial charge is 0.481 e. The van der Waals surface area contributed by atoms with Crippen molar-refractivity contribution in [3.05, 3.63) is 99.4 Å². The number of benzene rings is 2. The monoisotopic (exact) mass is 533 g/mol. The van der Waals surface area contributed by atoms with Crippen LogP contribution in [0.25, 0.3) is 10.9 Å². The number of aromatic nitrogens is 2. The van der Waals surface area contributed by atoms with E-state index in [2.05, 4.69) is 64.3 Å². The minimum atomic E-state index is -0.979. The summed E-state index contributed by atoms with van der Waals surface area (Å²) < 4.78 is 2.76. The number of carboxylic acids is 1. The van der Waals surface area contributed by atoms with Crippen molar-refractivity contribution in [1.82, 2.24) is 14.9 Å². The molecule has 4 rings (SSSR count). The first-order chi connectivity index (χ1) is 16.8. The number of carbonyl (C=O) groups is 2. The maximum Gasteiger partial charge on any atom is 0.307 e. The number of aliphatic carboxylic acids is 1. The third-order valence-corrected chi connectivity index (χ3v) is 6.55. The molecule has 0 saturated carbocycles. The van der Waals surface area contributed by atoms with Crippen LogP contribution in [0.4, 0.5) is 0 Å². The average molecular weight is 534 g/mol. The Morgan fingerprint density at radius 1 is 1.09 bits per heavy atom. The van der Waals surface area contributed by atoms with Crippen molar-refractivity contribution < 1.29 is 14.7 Å². The second-order valence-electron chi connectivity index (χ2n) is 8.87. The Hall–Kier alpha value is -3.45. The molecule has 2 heterocycles. The molecule has 2 aromatic carbocycles. The third-order valence-electron chi connectivity index (χ3n) is 6.05. The molecule has 35 heavy (non-hydrogen) atoms. The zero-order valence-electron chi connectivity index (χ0n) is 19.8. The van der Waals surface area contributed by atoms with Crippen molar-refractivity contribution in [3.8, 4) is 0 Å². The Morgan fingerprint density at radius 2 is 1.86 bits per heavy atom. The van der Waals surface area contributed by atoms with Crippen LogP contribution in [0.3, 0.4) is 0 Å². The molecule has 0 unspecified atom stereocenters. The van der Waals surface area contributed by atoms with Gasteiger partial charge in [0, 0.05) is 52.3 Å². The van der Waals surface area contributed by atoms with Gasteiger partial charge in [-0.1, -0.05) is 60.1 Å². The Kier molecular flexibility index (Phi) is 7.66. The molecule has 4 aromatic rings. The van der Waals surface area contributed by atoms with E-state index in [0.29, 0.717) is 36.7 Å². The van der Waals surface area contributed by atoms with E-state index in [9.17, 15) is 14.7 Å². The van der Waals surface area contributed by atoms with Crippen molar-refractivity contribution in [2.75, 3.05) is 6.54 Å². The highest BCUT2D eigenvalue weighted by Crippen LogP contribution is 2.31. The number of fused-ring (bicyclic) bond motifs is 1. The predicted octanol–water partition coefficient (Wildman–Crippen LogP) is 5.57. The van der Waals surface area contributed by atoms with E-state index in [-0.39, 0.29) is 12.3 Å². The van der Waals surface area contributed by atoms with Crippen molar-refractivity contribution in [2.24, 2.45) is 0 Å². The van der Waals surface area contributed by atoms with Crippen LogP contribution in [0.15, 0.2) is 71.3 Å². The summed E-state index contributed by atoms with van der Waals surface area (Å²) in [4.78, 5) is 29.6. The maximum absolute atomic E-state index is 13.5. The van der Waals surface area contributed by atoms with Gasteiger partial charge < -0.3 is 15.0 Å². The van der Waals surface area contributed by atoms with E-state index in [1.807, 2.05) is 41.0 Å². The molecule has 0 aliphatic rings. The summed E-state index contributed by atoms with van der Waals surface area (Å²) in [6, 6.07) is 19.7. The molecule has 7 heteroatoms. The molecule has 2 N–H and O–H groups in total. The number of nitrogens with zero attached hydrogens (tertiary/aromatic N) is 2. The molecule has 0 bridgehead atoms. The highest BCUT2D eigenvalue weighted by molar-refractivity contribution is 9.10. The number of carbonyl (C=O) groups excluding carboxylic acids is 1. The number of nitrogens with one attached hydrogen (secondary N) is 1. The van der Waals surface area contributed by atoms with Gasteiger partial charge in [-0.3, -0.25) is 14.6 Å². The number of rotatable bonds is 9. The summed E-state index contributed by atoms with van der Waals surface area (Å²) in [5, 5.41) is 13.4. The molecule has 0 aliphatic carbocycles. The third kappa shape index (κ3) is 5.80. The lowest BCUT2D eigenvalue weighted by Crippen LogP contribution is -2.29. The fraction of sp³-hybridized carbons (Fsp3) is 0.250. The molecule has 0 spiro atoms. The fourth-order valence-corrected chi connectivity index (χ4v) is 4.64. The molecule has 0 atom stereocenters. The van der Waals surface area contributed by atoms with Gasteiger partial charge in [0.15, 0.2) is 0 Å². The molecule has 1 amide bonds. The van der Waals surface area contributed by atoms with Crippen LogP contribution in [0.5, 0.6) is 0 Å². The van der Waals surface area contributed by atoms with Crippen molar-refractivity contribution in [3.63, 3.8) is 0 Å². The highest BCUT2D eigenvalue weighted by Gasteiger charge is 2.24. The lowest BCUT2D eigenvalue weighted by Gasteiger charge is -2.14. The van der Waals surface area contributed by atoms with Crippen LogP contribution in [-0.2, 0) is 24.2 Å². The topological polar surface area (TPSA) is 84.2 Å². The van der Waals surface area contributed by atoms with Crippen LogP contribution in [0.2, 0.25) is 0 Å². The summed E-state index contributed by atoms with van der Waals surface area (Å²) in [7, 11) is 0. The maximum atomic E-state index is 13.5. The molecular weight excluding hydrogens is 506 g/mol. The lowest BCUT2D eigenvalue weighted by molar-refractivity contribution is -0.136. The molecule has 0 fully saturated rings. The van der Waals surface area contributed by atoms with E-state index in [4.69, 9.17) is 0 Å². The summed E-state index contributed by atoms with van der Waals surface area (Å²) in [6.07, 6.45) is 2.07. The Morgan fingerprint density at radius 3 is 2.51 bits per heavy atom. The van der Waals surface area contributed by atoms with Crippen LogP contribution >= 0.6 is 15.9 Å². The fourth-order valence-electron chi connectivity index (χ4n) is 4.27. The van der Waals surface area contributed by atoms with Gasteiger partial charge in [-0.2, -0.15) is 0 Å². The SMILES string of the molecule is CC(C)c1ccc(Cn2c(C(=O)NCCc3ccccn3)c(CC(=O)O)c3cc(Br)ccc32)cc1. The van der Waals surface area contributed by atoms with Gasteiger partial charge in [-0.25, -0.2) is 0 Å². The lowest BCUT2D eigenvalue weighted by atomic mass is 10.0. The molecule has 180 valence electrons. The Balaban J connectivity index is 1.73. The smallest absolute Gasteiger partial charge is 0.307 e. The molecule has 0 saturated heterocycles. The summed E-state index contributed by atoms with van der Waals surface area (Å²) >= 11 is 3.50. The van der Waals surface area contributed by atoms with Gasteiger partial charge in [0.2, 0.25) is 0 Å². The number of hydrogen-bond donors (Lipinski definition) is 2. The van der Waals surface area contributed by atoms with Crippen LogP contribution in [0.1, 0.15) is 52.6 Å². The summed E-state index contributed by atoms with van der Waals surface area (Å²) in [5.74, 6) is -0.840.